The quantitative estimate of drug-likeness (QED) is 0.621. The van der Waals surface area contributed by atoms with Crippen LogP contribution < -0.4 is 0 Å². The lowest BCUT2D eigenvalue weighted by Crippen LogP contribution is -2.41. The van der Waals surface area contributed by atoms with Gasteiger partial charge in [0.25, 0.3) is 0 Å². The van der Waals surface area contributed by atoms with E-state index >= 15 is 0 Å². The minimum absolute atomic E-state index is 0.0357. The van der Waals surface area contributed by atoms with Gasteiger partial charge in [0.2, 0.25) is 5.91 Å². The molecular weight excluding hydrogens is 409 g/mol. The molecular formula is C21H25F3N6O. The molecule has 31 heavy (non-hydrogen) atoms. The Morgan fingerprint density at radius 3 is 2.71 bits per heavy atom. The molecule has 1 fully saturated rings. The second-order valence-electron chi connectivity index (χ2n) is 8.30. The number of aromatic nitrogens is 5. The molecule has 0 N–H and O–H groups in total. The molecule has 1 aliphatic heterocycles. The monoisotopic (exact) mass is 434 g/mol. The van der Waals surface area contributed by atoms with Crippen molar-refractivity contribution >= 4 is 16.9 Å². The van der Waals surface area contributed by atoms with Gasteiger partial charge >= 0.3 is 6.18 Å². The van der Waals surface area contributed by atoms with E-state index in [-0.39, 0.29) is 23.5 Å². The predicted octanol–water partition coefficient (Wildman–Crippen LogP) is 4.08. The second kappa shape index (κ2) is 7.97. The van der Waals surface area contributed by atoms with Crippen molar-refractivity contribution in [1.29, 1.82) is 0 Å². The highest BCUT2D eigenvalue weighted by Gasteiger charge is 2.32. The number of alkyl halides is 3. The molecule has 0 bridgehead atoms. The Hall–Kier alpha value is -2.91. The first-order chi connectivity index (χ1) is 14.6. The molecule has 0 aliphatic carbocycles. The first-order valence-electron chi connectivity index (χ1n) is 10.4. The second-order valence-corrected chi connectivity index (χ2v) is 8.30. The maximum Gasteiger partial charge on any atom is 0.416 e. The summed E-state index contributed by atoms with van der Waals surface area (Å²) in [6.45, 7) is 6.99. The van der Waals surface area contributed by atoms with Crippen molar-refractivity contribution in [3.05, 3.63) is 41.2 Å². The molecule has 1 amide bonds. The molecule has 4 rings (SSSR count). The van der Waals surface area contributed by atoms with Crippen LogP contribution in [0.4, 0.5) is 13.2 Å². The van der Waals surface area contributed by atoms with Gasteiger partial charge in [-0.3, -0.25) is 9.48 Å². The summed E-state index contributed by atoms with van der Waals surface area (Å²) in [5.74, 6) is 0.0357. The normalized spacial score (nSPS) is 18.5. The van der Waals surface area contributed by atoms with E-state index in [4.69, 9.17) is 0 Å². The lowest BCUT2D eigenvalue weighted by Gasteiger charge is -2.33. The highest BCUT2D eigenvalue weighted by atomic mass is 19.4. The van der Waals surface area contributed by atoms with Gasteiger partial charge < -0.3 is 4.90 Å². The van der Waals surface area contributed by atoms with Crippen molar-refractivity contribution in [2.75, 3.05) is 13.1 Å². The van der Waals surface area contributed by atoms with Crippen LogP contribution in [0, 0.1) is 13.8 Å². The fraction of sp³-hybridized carbons (Fsp3) is 0.524. The number of likely N-dealkylation sites (tertiary alicyclic amines) is 1. The molecule has 7 nitrogen and oxygen atoms in total. The maximum atomic E-state index is 13.0. The summed E-state index contributed by atoms with van der Waals surface area (Å²) in [5, 5.41) is 12.5. The number of aryl methyl sites for hydroxylation is 2. The molecule has 0 radical (unpaired) electrons. The number of benzene rings is 1. The van der Waals surface area contributed by atoms with E-state index in [1.54, 1.807) is 4.68 Å². The summed E-state index contributed by atoms with van der Waals surface area (Å²) in [6, 6.07) is 5.27. The third kappa shape index (κ3) is 4.28. The SMILES string of the molecule is Cc1cc(C)n(C(C)CC(=O)N2CCCC(n3nnc4cc(C(F)(F)F)ccc43)C2)n1. The summed E-state index contributed by atoms with van der Waals surface area (Å²) in [7, 11) is 0. The largest absolute Gasteiger partial charge is 0.416 e. The third-order valence-electron chi connectivity index (χ3n) is 5.83. The molecule has 1 aliphatic rings. The fourth-order valence-corrected chi connectivity index (χ4v) is 4.33. The van der Waals surface area contributed by atoms with Gasteiger partial charge in [-0.25, -0.2) is 4.68 Å². The van der Waals surface area contributed by atoms with Crippen molar-refractivity contribution in [3.8, 4) is 0 Å². The number of halogens is 3. The van der Waals surface area contributed by atoms with Gasteiger partial charge in [0.1, 0.15) is 5.52 Å². The van der Waals surface area contributed by atoms with Crippen LogP contribution in [0.5, 0.6) is 0 Å². The molecule has 166 valence electrons. The van der Waals surface area contributed by atoms with Crippen LogP contribution in [-0.2, 0) is 11.0 Å². The van der Waals surface area contributed by atoms with E-state index in [2.05, 4.69) is 15.4 Å². The summed E-state index contributed by atoms with van der Waals surface area (Å²) < 4.78 is 42.4. The number of piperidine rings is 1. The number of carbonyl (C=O) groups excluding carboxylic acids is 1. The average Bonchev–Trinajstić information content (AvgIpc) is 3.29. The first-order valence-corrected chi connectivity index (χ1v) is 10.4. The number of hydrogen-bond donors (Lipinski definition) is 0. The topological polar surface area (TPSA) is 68.8 Å². The Labute approximate surface area is 177 Å². The van der Waals surface area contributed by atoms with Crippen LogP contribution in [-0.4, -0.2) is 48.7 Å². The minimum atomic E-state index is -4.42. The maximum absolute atomic E-state index is 13.0. The number of rotatable bonds is 4. The zero-order valence-corrected chi connectivity index (χ0v) is 17.7. The molecule has 3 aromatic rings. The molecule has 2 unspecified atom stereocenters. The Morgan fingerprint density at radius 2 is 2.03 bits per heavy atom. The van der Waals surface area contributed by atoms with E-state index in [0.29, 0.717) is 25.0 Å². The number of hydrogen-bond acceptors (Lipinski definition) is 4. The van der Waals surface area contributed by atoms with Crippen LogP contribution in [0.25, 0.3) is 11.0 Å². The van der Waals surface area contributed by atoms with Crippen LogP contribution in [0.2, 0.25) is 0 Å². The number of carbonyl (C=O) groups is 1. The van der Waals surface area contributed by atoms with Gasteiger partial charge in [-0.15, -0.1) is 5.10 Å². The van der Waals surface area contributed by atoms with Crippen molar-refractivity contribution in [2.24, 2.45) is 0 Å². The van der Waals surface area contributed by atoms with Crippen LogP contribution >= 0.6 is 0 Å². The Morgan fingerprint density at radius 1 is 1.26 bits per heavy atom. The molecule has 1 saturated heterocycles. The smallest absolute Gasteiger partial charge is 0.340 e. The van der Waals surface area contributed by atoms with Crippen LogP contribution in [0.15, 0.2) is 24.3 Å². The fourth-order valence-electron chi connectivity index (χ4n) is 4.33. The summed E-state index contributed by atoms with van der Waals surface area (Å²) in [6.07, 6.45) is -2.50. The number of nitrogens with zero attached hydrogens (tertiary/aromatic N) is 6. The van der Waals surface area contributed by atoms with E-state index in [1.807, 2.05) is 36.4 Å². The molecule has 2 atom stereocenters. The van der Waals surface area contributed by atoms with E-state index in [0.717, 1.165) is 36.4 Å². The molecule has 10 heteroatoms. The highest BCUT2D eigenvalue weighted by molar-refractivity contribution is 5.77. The van der Waals surface area contributed by atoms with Crippen LogP contribution in [0.1, 0.15) is 55.2 Å². The predicted molar refractivity (Wildman–Crippen MR) is 108 cm³/mol. The van der Waals surface area contributed by atoms with Crippen molar-refractivity contribution in [1.82, 2.24) is 29.7 Å². The molecule has 3 heterocycles. The highest BCUT2D eigenvalue weighted by Crippen LogP contribution is 2.32. The molecule has 1 aromatic carbocycles. The van der Waals surface area contributed by atoms with Crippen molar-refractivity contribution in [2.45, 2.75) is 58.3 Å². The van der Waals surface area contributed by atoms with Gasteiger partial charge in [0.15, 0.2) is 0 Å². The standard InChI is InChI=1S/C21H25F3N6O/c1-13-9-14(2)29(26-13)15(3)10-20(31)28-8-4-5-17(12-28)30-19-7-6-16(21(22,23)24)11-18(19)25-27-30/h6-7,9,11,15,17H,4-5,8,10,12H2,1-3H3. The lowest BCUT2D eigenvalue weighted by atomic mass is 10.0. The summed E-state index contributed by atoms with van der Waals surface area (Å²) in [5.41, 5.74) is 1.94. The summed E-state index contributed by atoms with van der Waals surface area (Å²) >= 11 is 0. The van der Waals surface area contributed by atoms with Gasteiger partial charge in [0.05, 0.1) is 28.9 Å². The van der Waals surface area contributed by atoms with E-state index < -0.39 is 11.7 Å². The number of amides is 1. The molecule has 0 saturated carbocycles. The average molecular weight is 434 g/mol. The van der Waals surface area contributed by atoms with Crippen molar-refractivity contribution < 1.29 is 18.0 Å². The van der Waals surface area contributed by atoms with Gasteiger partial charge in [-0.1, -0.05) is 5.21 Å². The van der Waals surface area contributed by atoms with Gasteiger partial charge in [0, 0.05) is 25.2 Å². The Kier molecular flexibility index (Phi) is 5.49. The Balaban J connectivity index is 1.48. The van der Waals surface area contributed by atoms with E-state index in [9.17, 15) is 18.0 Å². The van der Waals surface area contributed by atoms with Crippen LogP contribution in [0.3, 0.4) is 0 Å². The Bertz CT molecular complexity index is 1100. The van der Waals surface area contributed by atoms with Gasteiger partial charge in [-0.05, 0) is 57.9 Å². The first kappa shape index (κ1) is 21.3. The molecule has 0 spiro atoms. The van der Waals surface area contributed by atoms with Gasteiger partial charge in [-0.2, -0.15) is 18.3 Å². The zero-order valence-electron chi connectivity index (χ0n) is 17.7. The molecule has 2 aromatic heterocycles. The minimum Gasteiger partial charge on any atom is -0.340 e. The lowest BCUT2D eigenvalue weighted by molar-refractivity contribution is -0.137. The third-order valence-corrected chi connectivity index (χ3v) is 5.83. The van der Waals surface area contributed by atoms with E-state index in [1.165, 1.54) is 6.07 Å². The summed E-state index contributed by atoms with van der Waals surface area (Å²) in [4.78, 5) is 14.8. The number of fused-ring (bicyclic) bond motifs is 1. The van der Waals surface area contributed by atoms with Crippen molar-refractivity contribution in [3.63, 3.8) is 0 Å². The zero-order chi connectivity index (χ0) is 22.3.